The number of unbranched alkanes of at least 4 members (excludes halogenated alkanes) is 2. The third-order valence-electron chi connectivity index (χ3n) is 3.17. The van der Waals surface area contributed by atoms with Crippen LogP contribution in [0.1, 0.15) is 25.0 Å². The molecule has 1 aromatic heterocycles. The Labute approximate surface area is 142 Å². The van der Waals surface area contributed by atoms with Gasteiger partial charge in [-0.1, -0.05) is 15.9 Å². The van der Waals surface area contributed by atoms with E-state index in [4.69, 9.17) is 9.52 Å². The molecule has 0 saturated heterocycles. The van der Waals surface area contributed by atoms with Crippen molar-refractivity contribution in [2.75, 3.05) is 13.2 Å². The number of benzene rings is 1. The van der Waals surface area contributed by atoms with Gasteiger partial charge in [0, 0.05) is 21.1 Å². The largest absolute Gasteiger partial charge is 0.460 e. The van der Waals surface area contributed by atoms with Gasteiger partial charge in [-0.15, -0.1) is 0 Å². The van der Waals surface area contributed by atoms with E-state index in [2.05, 4.69) is 37.2 Å². The van der Waals surface area contributed by atoms with E-state index >= 15 is 0 Å². The molecule has 0 fully saturated rings. The van der Waals surface area contributed by atoms with Crippen LogP contribution in [0, 0.1) is 0 Å². The summed E-state index contributed by atoms with van der Waals surface area (Å²) in [6, 6.07) is 10.0. The molecule has 5 heteroatoms. The lowest BCUT2D eigenvalue weighted by Crippen LogP contribution is -2.14. The molecule has 2 aromatic rings. The third kappa shape index (κ3) is 5.25. The number of rotatable bonds is 8. The highest BCUT2D eigenvalue weighted by molar-refractivity contribution is 9.11. The van der Waals surface area contributed by atoms with Crippen LogP contribution in [0.4, 0.5) is 0 Å². The molecule has 0 radical (unpaired) electrons. The van der Waals surface area contributed by atoms with E-state index in [0.717, 1.165) is 58.4 Å². The Bertz CT molecular complexity index is 569. The van der Waals surface area contributed by atoms with E-state index in [-0.39, 0.29) is 6.61 Å². The van der Waals surface area contributed by atoms with Gasteiger partial charge in [0.2, 0.25) is 0 Å². The van der Waals surface area contributed by atoms with E-state index in [1.165, 1.54) is 0 Å². The van der Waals surface area contributed by atoms with Crippen LogP contribution in [0.25, 0.3) is 11.3 Å². The van der Waals surface area contributed by atoms with Gasteiger partial charge in [-0.3, -0.25) is 0 Å². The normalized spacial score (nSPS) is 11.0. The maximum Gasteiger partial charge on any atom is 0.135 e. The molecule has 1 aromatic carbocycles. The highest BCUT2D eigenvalue weighted by Crippen LogP contribution is 2.31. The molecule has 3 nitrogen and oxygen atoms in total. The number of nitrogens with one attached hydrogen (secondary N) is 1. The summed E-state index contributed by atoms with van der Waals surface area (Å²) in [4.78, 5) is 0. The monoisotopic (exact) mass is 415 g/mol. The molecule has 114 valence electrons. The van der Waals surface area contributed by atoms with Crippen LogP contribution in [0.2, 0.25) is 0 Å². The van der Waals surface area contributed by atoms with Gasteiger partial charge in [0.15, 0.2) is 0 Å². The maximum atomic E-state index is 8.71. The topological polar surface area (TPSA) is 45.4 Å². The van der Waals surface area contributed by atoms with Gasteiger partial charge < -0.3 is 14.8 Å². The van der Waals surface area contributed by atoms with Gasteiger partial charge in [-0.2, -0.15) is 0 Å². The predicted molar refractivity (Wildman–Crippen MR) is 92.2 cm³/mol. The van der Waals surface area contributed by atoms with Crippen LogP contribution in [0.3, 0.4) is 0 Å². The van der Waals surface area contributed by atoms with Crippen molar-refractivity contribution >= 4 is 31.9 Å². The van der Waals surface area contributed by atoms with Crippen molar-refractivity contribution in [3.05, 3.63) is 45.0 Å². The van der Waals surface area contributed by atoms with Crippen LogP contribution in [-0.4, -0.2) is 18.3 Å². The fourth-order valence-electron chi connectivity index (χ4n) is 2.06. The van der Waals surface area contributed by atoms with E-state index < -0.39 is 0 Å². The molecule has 0 saturated carbocycles. The second-order valence-electron chi connectivity index (χ2n) is 4.85. The van der Waals surface area contributed by atoms with E-state index in [1.54, 1.807) is 0 Å². The van der Waals surface area contributed by atoms with Crippen molar-refractivity contribution in [3.8, 4) is 11.3 Å². The van der Waals surface area contributed by atoms with Crippen molar-refractivity contribution in [1.29, 1.82) is 0 Å². The Hall–Kier alpha value is -0.620. The molecule has 0 spiro atoms. The molecule has 0 atom stereocenters. The van der Waals surface area contributed by atoms with Gasteiger partial charge in [-0.05, 0) is 72.1 Å². The summed E-state index contributed by atoms with van der Waals surface area (Å²) in [6.45, 7) is 1.95. The van der Waals surface area contributed by atoms with Crippen molar-refractivity contribution in [2.45, 2.75) is 25.8 Å². The molecular formula is C16H19Br2NO2. The summed E-state index contributed by atoms with van der Waals surface area (Å²) in [5.41, 5.74) is 1.05. The third-order valence-corrected chi connectivity index (χ3v) is 4.32. The van der Waals surface area contributed by atoms with Gasteiger partial charge in [0.25, 0.3) is 0 Å². The highest BCUT2D eigenvalue weighted by Gasteiger charge is 2.08. The summed E-state index contributed by atoms with van der Waals surface area (Å²) in [7, 11) is 0. The molecule has 0 aliphatic carbocycles. The summed E-state index contributed by atoms with van der Waals surface area (Å²) < 4.78 is 7.92. The van der Waals surface area contributed by atoms with Crippen molar-refractivity contribution in [3.63, 3.8) is 0 Å². The van der Waals surface area contributed by atoms with Crippen LogP contribution < -0.4 is 5.32 Å². The summed E-state index contributed by atoms with van der Waals surface area (Å²) in [6.07, 6.45) is 3.01. The fraction of sp³-hybridized carbons (Fsp3) is 0.375. The standard InChI is InChI=1S/C16H19Br2NO2/c17-12-4-6-14(15(18)10-12)16-7-5-13(21-16)11-19-8-2-1-3-9-20/h4-7,10,19-20H,1-3,8-9,11H2. The molecule has 0 aliphatic rings. The molecule has 0 amide bonds. The second kappa shape index (κ2) is 8.73. The van der Waals surface area contributed by atoms with Crippen LogP contribution in [0.15, 0.2) is 43.7 Å². The summed E-state index contributed by atoms with van der Waals surface area (Å²) in [5.74, 6) is 1.80. The maximum absolute atomic E-state index is 8.71. The SMILES string of the molecule is OCCCCCNCc1ccc(-c2ccc(Br)cc2Br)o1. The van der Waals surface area contributed by atoms with Crippen LogP contribution >= 0.6 is 31.9 Å². The zero-order valence-electron chi connectivity index (χ0n) is 11.7. The van der Waals surface area contributed by atoms with Crippen LogP contribution in [-0.2, 0) is 6.54 Å². The number of halogens is 2. The number of aliphatic hydroxyl groups excluding tert-OH is 1. The molecule has 0 aliphatic heterocycles. The Kier molecular flexibility index (Phi) is 6.96. The lowest BCUT2D eigenvalue weighted by atomic mass is 10.2. The van der Waals surface area contributed by atoms with Gasteiger partial charge in [0.05, 0.1) is 6.54 Å². The van der Waals surface area contributed by atoms with Crippen molar-refractivity contribution in [2.24, 2.45) is 0 Å². The number of furan rings is 1. The van der Waals surface area contributed by atoms with Crippen molar-refractivity contribution < 1.29 is 9.52 Å². The summed E-state index contributed by atoms with van der Waals surface area (Å²) >= 11 is 7.00. The molecule has 21 heavy (non-hydrogen) atoms. The minimum absolute atomic E-state index is 0.281. The lowest BCUT2D eigenvalue weighted by molar-refractivity contribution is 0.282. The van der Waals surface area contributed by atoms with Crippen LogP contribution in [0.5, 0.6) is 0 Å². The predicted octanol–water partition coefficient (Wildman–Crippen LogP) is 4.72. The first-order valence-electron chi connectivity index (χ1n) is 7.06. The molecule has 0 bridgehead atoms. The zero-order valence-corrected chi connectivity index (χ0v) is 14.9. The Morgan fingerprint density at radius 1 is 1.05 bits per heavy atom. The van der Waals surface area contributed by atoms with Crippen molar-refractivity contribution in [1.82, 2.24) is 5.32 Å². The Balaban J connectivity index is 1.86. The fourth-order valence-corrected chi connectivity index (χ4v) is 3.30. The second-order valence-corrected chi connectivity index (χ2v) is 6.62. The van der Waals surface area contributed by atoms with Gasteiger partial charge in [0.1, 0.15) is 11.5 Å². The number of hydrogen-bond acceptors (Lipinski definition) is 3. The quantitative estimate of drug-likeness (QED) is 0.611. The smallest absolute Gasteiger partial charge is 0.135 e. The molecular weight excluding hydrogens is 398 g/mol. The first-order valence-corrected chi connectivity index (χ1v) is 8.65. The highest BCUT2D eigenvalue weighted by atomic mass is 79.9. The molecule has 2 N–H and O–H groups in total. The minimum atomic E-state index is 0.281. The lowest BCUT2D eigenvalue weighted by Gasteiger charge is -2.03. The van der Waals surface area contributed by atoms with E-state index in [0.29, 0.717) is 0 Å². The number of hydrogen-bond donors (Lipinski definition) is 2. The molecule has 2 rings (SSSR count). The minimum Gasteiger partial charge on any atom is -0.460 e. The summed E-state index contributed by atoms with van der Waals surface area (Å²) in [5, 5.41) is 12.1. The zero-order chi connectivity index (χ0) is 15.1. The average Bonchev–Trinajstić information content (AvgIpc) is 2.91. The average molecular weight is 417 g/mol. The van der Waals surface area contributed by atoms with Gasteiger partial charge in [-0.25, -0.2) is 0 Å². The Morgan fingerprint density at radius 3 is 2.67 bits per heavy atom. The first-order chi connectivity index (χ1) is 10.2. The molecule has 1 heterocycles. The van der Waals surface area contributed by atoms with E-state index in [9.17, 15) is 0 Å². The Morgan fingerprint density at radius 2 is 1.90 bits per heavy atom. The first kappa shape index (κ1) is 16.7. The number of aliphatic hydroxyl groups is 1. The van der Waals surface area contributed by atoms with E-state index in [1.807, 2.05) is 30.3 Å². The molecule has 0 unspecified atom stereocenters. The van der Waals surface area contributed by atoms with Gasteiger partial charge >= 0.3 is 0 Å².